The topological polar surface area (TPSA) is 51.8 Å². The Morgan fingerprint density at radius 1 is 0.354 bits per heavy atom. The highest BCUT2D eigenvalue weighted by molar-refractivity contribution is 7.25. The summed E-state index contributed by atoms with van der Waals surface area (Å²) < 4.78 is 9.02. The summed E-state index contributed by atoms with van der Waals surface area (Å²) in [4.78, 5) is 16.1. The Labute approximate surface area is 380 Å². The Hall–Kier alpha value is -7.99. The third kappa shape index (κ3) is 6.00. The Morgan fingerprint density at radius 2 is 0.908 bits per heavy atom. The lowest BCUT2D eigenvalue weighted by Crippen LogP contribution is -2.14. The number of furan rings is 1. The van der Waals surface area contributed by atoms with Crippen LogP contribution in [0.25, 0.3) is 121 Å². The van der Waals surface area contributed by atoms with Crippen LogP contribution in [0.5, 0.6) is 0 Å². The fourth-order valence-electron chi connectivity index (χ4n) is 10.2. The molecule has 3 aromatic heterocycles. The van der Waals surface area contributed by atoms with Crippen molar-refractivity contribution in [1.82, 2.24) is 15.0 Å². The average Bonchev–Trinajstić information content (AvgIpc) is 4.01. The van der Waals surface area contributed by atoms with Gasteiger partial charge in [-0.05, 0) is 92.0 Å². The minimum absolute atomic E-state index is 0.0138. The lowest BCUT2D eigenvalue weighted by atomic mass is 9.82. The molecule has 0 saturated heterocycles. The summed E-state index contributed by atoms with van der Waals surface area (Å²) in [5.74, 6) is 1.83. The predicted molar refractivity (Wildman–Crippen MR) is 270 cm³/mol. The number of nitrogens with zero attached hydrogens (tertiary/aromatic N) is 3. The monoisotopic (exact) mass is 849 g/mol. The first-order valence-corrected chi connectivity index (χ1v) is 22.9. The molecule has 1 aliphatic rings. The zero-order valence-corrected chi connectivity index (χ0v) is 36.5. The highest BCUT2D eigenvalue weighted by Crippen LogP contribution is 2.50. The van der Waals surface area contributed by atoms with Gasteiger partial charge in [0, 0.05) is 53.1 Å². The van der Waals surface area contributed by atoms with Crippen molar-refractivity contribution >= 4 is 53.4 Å². The van der Waals surface area contributed by atoms with E-state index in [0.29, 0.717) is 17.5 Å². The molecule has 9 aromatic carbocycles. The van der Waals surface area contributed by atoms with Gasteiger partial charge in [0.2, 0.25) is 0 Å². The molecule has 3 heterocycles. The quantitative estimate of drug-likeness (QED) is 0.167. The summed E-state index contributed by atoms with van der Waals surface area (Å²) in [5, 5.41) is 4.33. The van der Waals surface area contributed by atoms with Crippen molar-refractivity contribution in [3.63, 3.8) is 0 Å². The molecule has 1 aliphatic carbocycles. The highest BCUT2D eigenvalue weighted by Gasteiger charge is 2.35. The number of fused-ring (bicyclic) bond motifs is 9. The van der Waals surface area contributed by atoms with Gasteiger partial charge in [0.05, 0.1) is 0 Å². The lowest BCUT2D eigenvalue weighted by Gasteiger charge is -2.21. The van der Waals surface area contributed by atoms with Gasteiger partial charge in [-0.3, -0.25) is 0 Å². The average molecular weight is 850 g/mol. The normalized spacial score (nSPS) is 12.9. The van der Waals surface area contributed by atoms with Gasteiger partial charge in [0.15, 0.2) is 17.5 Å². The maximum Gasteiger partial charge on any atom is 0.164 e. The van der Waals surface area contributed by atoms with Crippen LogP contribution in [0, 0.1) is 0 Å². The first-order chi connectivity index (χ1) is 32.0. The van der Waals surface area contributed by atoms with E-state index in [1.807, 2.05) is 18.2 Å². The van der Waals surface area contributed by atoms with Crippen molar-refractivity contribution in [2.24, 2.45) is 0 Å². The zero-order chi connectivity index (χ0) is 43.2. The summed E-state index contributed by atoms with van der Waals surface area (Å²) in [6, 6.07) is 71.3. The Balaban J connectivity index is 0.954. The van der Waals surface area contributed by atoms with E-state index < -0.39 is 0 Å². The fraction of sp³-hybridized carbons (Fsp3) is 0.0500. The van der Waals surface area contributed by atoms with Crippen LogP contribution in [0.2, 0.25) is 0 Å². The molecule has 4 nitrogen and oxygen atoms in total. The number of benzene rings is 9. The molecule has 0 atom stereocenters. The van der Waals surface area contributed by atoms with E-state index in [9.17, 15) is 0 Å². The second-order valence-corrected chi connectivity index (χ2v) is 18.6. The van der Waals surface area contributed by atoms with Crippen LogP contribution in [-0.4, -0.2) is 15.0 Å². The first kappa shape index (κ1) is 37.6. The zero-order valence-electron chi connectivity index (χ0n) is 35.7. The van der Waals surface area contributed by atoms with Crippen LogP contribution in [0.1, 0.15) is 25.0 Å². The van der Waals surface area contributed by atoms with Crippen LogP contribution >= 0.6 is 11.3 Å². The highest BCUT2D eigenvalue weighted by atomic mass is 32.1. The van der Waals surface area contributed by atoms with Gasteiger partial charge in [-0.2, -0.15) is 0 Å². The maximum absolute atomic E-state index is 6.59. The molecule has 0 radical (unpaired) electrons. The third-order valence-corrected chi connectivity index (χ3v) is 14.5. The smallest absolute Gasteiger partial charge is 0.164 e. The van der Waals surface area contributed by atoms with Crippen molar-refractivity contribution in [3.05, 3.63) is 211 Å². The Bertz CT molecular complexity index is 3860. The van der Waals surface area contributed by atoms with Gasteiger partial charge < -0.3 is 4.42 Å². The van der Waals surface area contributed by atoms with Gasteiger partial charge in [-0.25, -0.2) is 15.0 Å². The molecule has 0 bridgehead atoms. The van der Waals surface area contributed by atoms with Crippen molar-refractivity contribution in [3.8, 4) is 78.7 Å². The number of thiophene rings is 1. The van der Waals surface area contributed by atoms with E-state index in [1.54, 1.807) is 11.3 Å². The fourth-order valence-corrected chi connectivity index (χ4v) is 11.3. The number of hydrogen-bond donors (Lipinski definition) is 0. The molecule has 0 spiro atoms. The number of hydrogen-bond acceptors (Lipinski definition) is 5. The van der Waals surface area contributed by atoms with Crippen molar-refractivity contribution in [2.45, 2.75) is 19.3 Å². The van der Waals surface area contributed by atoms with E-state index >= 15 is 0 Å². The SMILES string of the molecule is CC1(C)c2ccccc2-c2cc(-c3ccc(-c4ccc5oc6cccc(-c7nc(-c8ccccc8-c8ccccc8)nc(-c8cccc9sc%10ccccc%10c89)n7)c6c5c4)cc3)ccc21. The van der Waals surface area contributed by atoms with Gasteiger partial charge >= 0.3 is 0 Å². The molecular weight excluding hydrogens is 811 g/mol. The maximum atomic E-state index is 6.59. The second-order valence-electron chi connectivity index (χ2n) is 17.5. The van der Waals surface area contributed by atoms with Crippen LogP contribution < -0.4 is 0 Å². The van der Waals surface area contributed by atoms with Crippen LogP contribution in [-0.2, 0) is 5.41 Å². The van der Waals surface area contributed by atoms with Crippen molar-refractivity contribution in [1.29, 1.82) is 0 Å². The molecular formula is C60H39N3OS. The van der Waals surface area contributed by atoms with Gasteiger partial charge in [-0.15, -0.1) is 11.3 Å². The third-order valence-electron chi connectivity index (χ3n) is 13.4. The Kier molecular flexibility index (Phi) is 8.39. The molecule has 12 aromatic rings. The van der Waals surface area contributed by atoms with Crippen molar-refractivity contribution < 1.29 is 4.42 Å². The van der Waals surface area contributed by atoms with Crippen LogP contribution in [0.15, 0.2) is 205 Å². The van der Waals surface area contributed by atoms with E-state index in [2.05, 4.69) is 196 Å². The number of rotatable bonds is 6. The molecule has 5 heteroatoms. The minimum Gasteiger partial charge on any atom is -0.456 e. The van der Waals surface area contributed by atoms with Gasteiger partial charge in [0.1, 0.15) is 11.2 Å². The lowest BCUT2D eigenvalue weighted by molar-refractivity contribution is 0.660. The molecule has 0 N–H and O–H groups in total. The molecule has 0 fully saturated rings. The van der Waals surface area contributed by atoms with Gasteiger partial charge in [-0.1, -0.05) is 178 Å². The summed E-state index contributed by atoms with van der Waals surface area (Å²) in [6.45, 7) is 4.66. The van der Waals surface area contributed by atoms with E-state index in [-0.39, 0.29) is 5.41 Å². The first-order valence-electron chi connectivity index (χ1n) is 22.1. The Morgan fingerprint density at radius 3 is 1.69 bits per heavy atom. The molecule has 13 rings (SSSR count). The molecule has 306 valence electrons. The van der Waals surface area contributed by atoms with E-state index in [1.165, 1.54) is 48.2 Å². The largest absolute Gasteiger partial charge is 0.456 e. The standard InChI is InChI=1S/C60H39N3OS/c1-60(2)49-22-10-8-17-42(49)47-34-39(30-32-50(47)60)36-26-28-37(29-27-36)40-31-33-51-48(35-40)55-45(20-12-23-52(55)64-51)58-61-57(43-18-7-6-16-41(43)38-14-4-3-5-15-38)62-59(63-58)46-21-13-25-54-56(46)44-19-9-11-24-53(44)65-54/h3-35H,1-2H3. The summed E-state index contributed by atoms with van der Waals surface area (Å²) in [7, 11) is 0. The second kappa shape index (κ2) is 14.5. The van der Waals surface area contributed by atoms with Gasteiger partial charge in [0.25, 0.3) is 0 Å². The molecule has 0 amide bonds. The van der Waals surface area contributed by atoms with Crippen LogP contribution in [0.4, 0.5) is 0 Å². The van der Waals surface area contributed by atoms with E-state index in [0.717, 1.165) is 66.3 Å². The molecule has 0 unspecified atom stereocenters. The van der Waals surface area contributed by atoms with Crippen molar-refractivity contribution in [2.75, 3.05) is 0 Å². The molecule has 0 aliphatic heterocycles. The summed E-state index contributed by atoms with van der Waals surface area (Å²) >= 11 is 1.79. The minimum atomic E-state index is -0.0138. The number of aromatic nitrogens is 3. The van der Waals surface area contributed by atoms with Crippen LogP contribution in [0.3, 0.4) is 0 Å². The summed E-state index contributed by atoms with van der Waals surface area (Å²) in [5.41, 5.74) is 16.6. The molecule has 65 heavy (non-hydrogen) atoms. The summed E-state index contributed by atoms with van der Waals surface area (Å²) in [6.07, 6.45) is 0. The predicted octanol–water partition coefficient (Wildman–Crippen LogP) is 16.4. The molecule has 0 saturated carbocycles. The van der Waals surface area contributed by atoms with E-state index in [4.69, 9.17) is 19.4 Å².